The third-order valence-corrected chi connectivity index (χ3v) is 7.11. The fraction of sp³-hybridized carbons (Fsp3) is 0.600. The molecule has 1 saturated heterocycles. The number of nitrogens with zero attached hydrogens (tertiary/aromatic N) is 3. The Morgan fingerprint density at radius 1 is 1.23 bits per heavy atom. The molecule has 1 amide bonds. The molecule has 1 N–H and O–H groups in total. The number of thiophene rings is 1. The Balaban J connectivity index is 1.44. The number of nitrogens with one attached hydrogen (secondary N) is 1. The minimum atomic E-state index is 0.110. The zero-order chi connectivity index (χ0) is 17.7. The van der Waals surface area contributed by atoms with Gasteiger partial charge in [-0.3, -0.25) is 14.4 Å². The lowest BCUT2D eigenvalue weighted by Gasteiger charge is -2.26. The first-order valence-corrected chi connectivity index (χ1v) is 10.7. The van der Waals surface area contributed by atoms with Gasteiger partial charge in [-0.25, -0.2) is 0 Å². The molecule has 3 aliphatic rings. The molecular formula is C20H26N4OS. The van der Waals surface area contributed by atoms with E-state index >= 15 is 0 Å². The average molecular weight is 371 g/mol. The number of hydrogen-bond donors (Lipinski definition) is 1. The summed E-state index contributed by atoms with van der Waals surface area (Å²) in [6, 6.07) is 4.52. The van der Waals surface area contributed by atoms with E-state index in [0.717, 1.165) is 12.4 Å². The summed E-state index contributed by atoms with van der Waals surface area (Å²) in [6.45, 7) is 3.49. The number of hydrogen-bond acceptors (Lipinski definition) is 4. The molecule has 4 heterocycles. The smallest absolute Gasteiger partial charge is 0.226 e. The van der Waals surface area contributed by atoms with Crippen molar-refractivity contribution in [3.05, 3.63) is 33.1 Å². The number of carbonyl (C=O) groups excluding carboxylic acids is 1. The maximum absolute atomic E-state index is 12.3. The van der Waals surface area contributed by atoms with Gasteiger partial charge in [0.15, 0.2) is 0 Å². The van der Waals surface area contributed by atoms with Crippen LogP contribution in [-0.4, -0.2) is 33.7 Å². The lowest BCUT2D eigenvalue weighted by molar-refractivity contribution is -0.116. The molecule has 138 valence electrons. The summed E-state index contributed by atoms with van der Waals surface area (Å²) in [5, 5.41) is 7.82. The van der Waals surface area contributed by atoms with Crippen LogP contribution in [-0.2, 0) is 18.4 Å². The Kier molecular flexibility index (Phi) is 4.13. The van der Waals surface area contributed by atoms with Crippen LogP contribution in [0.25, 0.3) is 0 Å². The molecule has 0 unspecified atom stereocenters. The predicted octanol–water partition coefficient (Wildman–Crippen LogP) is 3.82. The van der Waals surface area contributed by atoms with Gasteiger partial charge in [-0.1, -0.05) is 6.42 Å². The molecule has 1 saturated carbocycles. The van der Waals surface area contributed by atoms with Gasteiger partial charge in [0.25, 0.3) is 0 Å². The van der Waals surface area contributed by atoms with E-state index in [1.54, 1.807) is 0 Å². The first-order valence-electron chi connectivity index (χ1n) is 9.86. The van der Waals surface area contributed by atoms with Crippen molar-refractivity contribution in [1.29, 1.82) is 0 Å². The van der Waals surface area contributed by atoms with Gasteiger partial charge < -0.3 is 5.32 Å². The standard InChI is InChI=1S/C20H26N4OS/c1-23-20-18(19(22-23)13-5-6-13)15(11-17(25)21-20)16-8-7-14(26-16)12-24-9-3-2-4-10-24/h7-8,13,15H,2-6,9-12H2,1H3,(H,21,25)/t15-/m0/s1. The van der Waals surface area contributed by atoms with Crippen molar-refractivity contribution in [3.63, 3.8) is 0 Å². The van der Waals surface area contributed by atoms with Gasteiger partial charge in [-0.05, 0) is 50.9 Å². The van der Waals surface area contributed by atoms with Gasteiger partial charge in [-0.2, -0.15) is 5.10 Å². The molecule has 5 nitrogen and oxygen atoms in total. The Labute approximate surface area is 158 Å². The fourth-order valence-electron chi connectivity index (χ4n) is 4.43. The van der Waals surface area contributed by atoms with E-state index in [9.17, 15) is 4.79 Å². The Hall–Kier alpha value is -1.66. The fourth-order valence-corrected chi connectivity index (χ4v) is 5.59. The highest BCUT2D eigenvalue weighted by atomic mass is 32.1. The quantitative estimate of drug-likeness (QED) is 0.890. The average Bonchev–Trinajstić information content (AvgIpc) is 3.30. The van der Waals surface area contributed by atoms with E-state index in [1.807, 2.05) is 23.1 Å². The second kappa shape index (κ2) is 6.50. The number of likely N-dealkylation sites (tertiary alicyclic amines) is 1. The second-order valence-electron chi connectivity index (χ2n) is 7.99. The monoisotopic (exact) mass is 370 g/mol. The van der Waals surface area contributed by atoms with Gasteiger partial charge in [0, 0.05) is 47.2 Å². The first-order chi connectivity index (χ1) is 12.7. The van der Waals surface area contributed by atoms with E-state index in [0.29, 0.717) is 12.3 Å². The van der Waals surface area contributed by atoms with Gasteiger partial charge in [0.1, 0.15) is 5.82 Å². The van der Waals surface area contributed by atoms with Gasteiger partial charge in [0.05, 0.1) is 5.69 Å². The molecule has 1 atom stereocenters. The van der Waals surface area contributed by atoms with Gasteiger partial charge in [-0.15, -0.1) is 11.3 Å². The lowest BCUT2D eigenvalue weighted by Crippen LogP contribution is -2.28. The zero-order valence-corrected chi connectivity index (χ0v) is 16.1. The molecule has 2 fully saturated rings. The van der Waals surface area contributed by atoms with Crippen molar-refractivity contribution < 1.29 is 4.79 Å². The van der Waals surface area contributed by atoms with Crippen LogP contribution in [0.4, 0.5) is 5.82 Å². The predicted molar refractivity (Wildman–Crippen MR) is 104 cm³/mol. The van der Waals surface area contributed by atoms with E-state index in [2.05, 4.69) is 22.3 Å². The number of rotatable bonds is 4. The minimum Gasteiger partial charge on any atom is -0.311 e. The number of fused-ring (bicyclic) bond motifs is 1. The van der Waals surface area contributed by atoms with E-state index in [-0.39, 0.29) is 11.8 Å². The number of carbonyl (C=O) groups is 1. The van der Waals surface area contributed by atoms with Crippen LogP contribution in [0.3, 0.4) is 0 Å². The Morgan fingerprint density at radius 3 is 2.81 bits per heavy atom. The van der Waals surface area contributed by atoms with Crippen LogP contribution in [0, 0.1) is 0 Å². The minimum absolute atomic E-state index is 0.110. The number of piperidine rings is 1. The van der Waals surface area contributed by atoms with E-state index in [4.69, 9.17) is 5.10 Å². The van der Waals surface area contributed by atoms with E-state index < -0.39 is 0 Å². The number of anilines is 1. The van der Waals surface area contributed by atoms with Crippen molar-refractivity contribution in [2.75, 3.05) is 18.4 Å². The summed E-state index contributed by atoms with van der Waals surface area (Å²) in [6.07, 6.45) is 7.03. The summed E-state index contributed by atoms with van der Waals surface area (Å²) in [7, 11) is 1.95. The molecule has 2 aromatic heterocycles. The summed E-state index contributed by atoms with van der Waals surface area (Å²) in [4.78, 5) is 17.6. The topological polar surface area (TPSA) is 50.2 Å². The van der Waals surface area contributed by atoms with E-state index in [1.165, 1.54) is 66.2 Å². The Morgan fingerprint density at radius 2 is 2.04 bits per heavy atom. The van der Waals surface area contributed by atoms with Crippen LogP contribution in [0.1, 0.15) is 71.4 Å². The molecule has 2 aliphatic heterocycles. The third-order valence-electron chi connectivity index (χ3n) is 5.93. The largest absolute Gasteiger partial charge is 0.311 e. The SMILES string of the molecule is Cn1nc(C2CC2)c2c1NC(=O)C[C@H]2c1ccc(CN2CCCCC2)s1. The van der Waals surface area contributed by atoms with Crippen molar-refractivity contribution in [3.8, 4) is 0 Å². The molecular weight excluding hydrogens is 344 g/mol. The summed E-state index contributed by atoms with van der Waals surface area (Å²) < 4.78 is 1.87. The second-order valence-corrected chi connectivity index (χ2v) is 9.19. The zero-order valence-electron chi connectivity index (χ0n) is 15.3. The highest BCUT2D eigenvalue weighted by Gasteiger charge is 2.38. The molecule has 5 rings (SSSR count). The third kappa shape index (κ3) is 2.99. The van der Waals surface area contributed by atoms with Crippen LogP contribution < -0.4 is 5.32 Å². The molecule has 6 heteroatoms. The first kappa shape index (κ1) is 16.5. The number of aryl methyl sites for hydroxylation is 1. The number of amides is 1. The molecule has 0 bridgehead atoms. The van der Waals surface area contributed by atoms with Crippen molar-refractivity contribution in [2.24, 2.45) is 7.05 Å². The maximum atomic E-state index is 12.3. The van der Waals surface area contributed by atoms with Gasteiger partial charge >= 0.3 is 0 Å². The molecule has 0 radical (unpaired) electrons. The maximum Gasteiger partial charge on any atom is 0.226 e. The number of aromatic nitrogens is 2. The molecule has 0 aromatic carbocycles. The molecule has 26 heavy (non-hydrogen) atoms. The van der Waals surface area contributed by atoms with Crippen molar-refractivity contribution in [2.45, 2.75) is 56.9 Å². The Bertz CT molecular complexity index is 829. The van der Waals surface area contributed by atoms with Crippen LogP contribution in [0.15, 0.2) is 12.1 Å². The molecule has 0 spiro atoms. The summed E-state index contributed by atoms with van der Waals surface area (Å²) in [5.74, 6) is 1.79. The molecule has 2 aromatic rings. The molecule has 1 aliphatic carbocycles. The lowest BCUT2D eigenvalue weighted by atomic mass is 9.89. The summed E-state index contributed by atoms with van der Waals surface area (Å²) >= 11 is 1.89. The van der Waals surface area contributed by atoms with Crippen LogP contribution in [0.5, 0.6) is 0 Å². The van der Waals surface area contributed by atoms with Crippen molar-refractivity contribution >= 4 is 23.1 Å². The van der Waals surface area contributed by atoms with Crippen LogP contribution >= 0.6 is 11.3 Å². The normalized spacial score (nSPS) is 23.7. The van der Waals surface area contributed by atoms with Gasteiger partial charge in [0.2, 0.25) is 5.91 Å². The highest BCUT2D eigenvalue weighted by molar-refractivity contribution is 7.12. The summed E-state index contributed by atoms with van der Waals surface area (Å²) in [5.41, 5.74) is 2.50. The highest BCUT2D eigenvalue weighted by Crippen LogP contribution is 2.49. The van der Waals surface area contributed by atoms with Crippen LogP contribution in [0.2, 0.25) is 0 Å². The van der Waals surface area contributed by atoms with Crippen molar-refractivity contribution in [1.82, 2.24) is 14.7 Å².